The monoisotopic (exact) mass is 428 g/mol. The minimum Gasteiger partial charge on any atom is -0.303 e. The molecule has 8 nitrogen and oxygen atoms in total. The largest absolute Gasteiger partial charge is 0.329 e. The van der Waals surface area contributed by atoms with Crippen LogP contribution in [0.1, 0.15) is 18.1 Å². The van der Waals surface area contributed by atoms with Gasteiger partial charge < -0.3 is 4.57 Å². The zero-order valence-corrected chi connectivity index (χ0v) is 17.9. The summed E-state index contributed by atoms with van der Waals surface area (Å²) < 4.78 is 3.09. The summed E-state index contributed by atoms with van der Waals surface area (Å²) in [7, 11) is 1.58. The van der Waals surface area contributed by atoms with E-state index in [2.05, 4.69) is 20.5 Å². The van der Waals surface area contributed by atoms with Crippen molar-refractivity contribution in [1.29, 1.82) is 0 Å². The Morgan fingerprint density at radius 1 is 1.09 bits per heavy atom. The molecule has 0 saturated carbocycles. The van der Waals surface area contributed by atoms with Crippen LogP contribution in [-0.2, 0) is 20.0 Å². The molecule has 0 aliphatic rings. The molecule has 0 aliphatic carbocycles. The van der Waals surface area contributed by atoms with Crippen molar-refractivity contribution in [3.63, 3.8) is 0 Å². The van der Waals surface area contributed by atoms with Crippen LogP contribution in [-0.4, -0.2) is 24.8 Å². The highest BCUT2D eigenvalue weighted by Crippen LogP contribution is 2.17. The Hall–Kier alpha value is -4.20. The van der Waals surface area contributed by atoms with Gasteiger partial charge in [0.05, 0.1) is 5.71 Å². The van der Waals surface area contributed by atoms with E-state index in [0.29, 0.717) is 30.1 Å². The fraction of sp³-hybridized carbons (Fsp3) is 0.167. The van der Waals surface area contributed by atoms with Crippen LogP contribution in [0.3, 0.4) is 0 Å². The topological polar surface area (TPSA) is 97.1 Å². The van der Waals surface area contributed by atoms with Crippen LogP contribution in [0.15, 0.2) is 81.4 Å². The van der Waals surface area contributed by atoms with Crippen LogP contribution in [0.4, 0.5) is 5.95 Å². The number of aryl methyl sites for hydroxylation is 3. The molecule has 0 spiro atoms. The number of nitrogens with zero attached hydrogens (tertiary/aromatic N) is 4. The summed E-state index contributed by atoms with van der Waals surface area (Å²) in [5.74, 6) is 0.398. The number of hydrogen-bond acceptors (Lipinski definition) is 5. The van der Waals surface area contributed by atoms with Gasteiger partial charge >= 0.3 is 5.69 Å². The Morgan fingerprint density at radius 2 is 1.78 bits per heavy atom. The van der Waals surface area contributed by atoms with Gasteiger partial charge in [0.25, 0.3) is 5.56 Å². The normalized spacial score (nSPS) is 12.0. The number of benzene rings is 2. The van der Waals surface area contributed by atoms with Gasteiger partial charge in [-0.05, 0) is 30.5 Å². The molecule has 32 heavy (non-hydrogen) atoms. The lowest BCUT2D eigenvalue weighted by atomic mass is 10.1. The van der Waals surface area contributed by atoms with Crippen molar-refractivity contribution in [2.24, 2.45) is 12.1 Å². The fourth-order valence-corrected chi connectivity index (χ4v) is 3.38. The maximum atomic E-state index is 12.6. The fourth-order valence-electron chi connectivity index (χ4n) is 3.38. The standard InChI is InChI=1S/C24H24N6O2/c1-17(13-14-18-9-5-3-6-10-18)27-28-23-25-21-20(22(31)26-24(32)29(21)2)30(23)16-15-19-11-7-4-8-12-19/h3-14H,15-16H2,1-2H3,(H,25,28)(H,26,31,32)/b14-13+,27-17-. The summed E-state index contributed by atoms with van der Waals surface area (Å²) in [6, 6.07) is 19.9. The third-order valence-corrected chi connectivity index (χ3v) is 5.12. The molecule has 162 valence electrons. The first-order chi connectivity index (χ1) is 15.5. The average Bonchev–Trinajstić information content (AvgIpc) is 3.19. The third-order valence-electron chi connectivity index (χ3n) is 5.12. The minimum atomic E-state index is -0.507. The molecule has 0 unspecified atom stereocenters. The Labute approximate surface area is 184 Å². The number of nitrogens with one attached hydrogen (secondary N) is 2. The maximum Gasteiger partial charge on any atom is 0.329 e. The molecule has 0 saturated heterocycles. The predicted molar refractivity (Wildman–Crippen MR) is 128 cm³/mol. The zero-order chi connectivity index (χ0) is 22.5. The lowest BCUT2D eigenvalue weighted by molar-refractivity contribution is 0.716. The van der Waals surface area contributed by atoms with E-state index in [1.54, 1.807) is 11.6 Å². The molecule has 2 aromatic carbocycles. The Morgan fingerprint density at radius 3 is 2.50 bits per heavy atom. The van der Waals surface area contributed by atoms with Crippen molar-refractivity contribution < 1.29 is 0 Å². The number of H-pyrrole nitrogens is 1. The molecular formula is C24H24N6O2. The van der Waals surface area contributed by atoms with E-state index in [1.165, 1.54) is 4.57 Å². The number of hydrogen-bond donors (Lipinski definition) is 2. The quantitative estimate of drug-likeness (QED) is 0.349. The molecule has 8 heteroatoms. The molecule has 0 bridgehead atoms. The summed E-state index contributed by atoms with van der Waals surface area (Å²) in [6.45, 7) is 2.37. The second-order valence-corrected chi connectivity index (χ2v) is 7.42. The molecule has 0 radical (unpaired) electrons. The number of aromatic amines is 1. The van der Waals surface area contributed by atoms with E-state index in [4.69, 9.17) is 0 Å². The van der Waals surface area contributed by atoms with Crippen LogP contribution in [0.5, 0.6) is 0 Å². The van der Waals surface area contributed by atoms with E-state index >= 15 is 0 Å². The van der Waals surface area contributed by atoms with Crippen molar-refractivity contribution in [3.05, 3.63) is 98.7 Å². The number of fused-ring (bicyclic) bond motifs is 1. The van der Waals surface area contributed by atoms with Crippen molar-refractivity contribution >= 4 is 28.9 Å². The molecule has 2 aromatic heterocycles. The molecule has 4 rings (SSSR count). The van der Waals surface area contributed by atoms with Gasteiger partial charge in [0.1, 0.15) is 0 Å². The maximum absolute atomic E-state index is 12.6. The summed E-state index contributed by atoms with van der Waals surface area (Å²) in [5, 5.41) is 4.40. The summed E-state index contributed by atoms with van der Waals surface area (Å²) in [6.07, 6.45) is 4.55. The highest BCUT2D eigenvalue weighted by molar-refractivity contribution is 5.96. The Bertz CT molecular complexity index is 1400. The Balaban J connectivity index is 1.67. The number of imidazole rings is 1. The van der Waals surface area contributed by atoms with E-state index in [0.717, 1.165) is 16.8 Å². The van der Waals surface area contributed by atoms with E-state index in [-0.39, 0.29) is 0 Å². The highest BCUT2D eigenvalue weighted by Gasteiger charge is 2.17. The van der Waals surface area contributed by atoms with Crippen molar-refractivity contribution in [3.8, 4) is 0 Å². The lowest BCUT2D eigenvalue weighted by Gasteiger charge is -2.08. The number of allylic oxidation sites excluding steroid dienone is 1. The first-order valence-corrected chi connectivity index (χ1v) is 10.3. The van der Waals surface area contributed by atoms with Crippen molar-refractivity contribution in [2.45, 2.75) is 19.9 Å². The number of hydrazone groups is 1. The van der Waals surface area contributed by atoms with Crippen LogP contribution in [0.25, 0.3) is 17.2 Å². The number of aromatic nitrogens is 4. The molecule has 4 aromatic rings. The molecule has 0 aliphatic heterocycles. The molecule has 0 fully saturated rings. The van der Waals surface area contributed by atoms with Crippen LogP contribution in [0, 0.1) is 0 Å². The van der Waals surface area contributed by atoms with Gasteiger partial charge in [-0.25, -0.2) is 10.2 Å². The molecule has 0 amide bonds. The van der Waals surface area contributed by atoms with Gasteiger partial charge in [0.15, 0.2) is 11.2 Å². The van der Waals surface area contributed by atoms with Gasteiger partial charge in [0.2, 0.25) is 5.95 Å². The van der Waals surface area contributed by atoms with Gasteiger partial charge in [-0.2, -0.15) is 10.1 Å². The average molecular weight is 428 g/mol. The highest BCUT2D eigenvalue weighted by atomic mass is 16.2. The van der Waals surface area contributed by atoms with Gasteiger partial charge in [-0.15, -0.1) is 0 Å². The van der Waals surface area contributed by atoms with Crippen molar-refractivity contribution in [1.82, 2.24) is 19.1 Å². The van der Waals surface area contributed by atoms with E-state index in [1.807, 2.05) is 79.7 Å². The van der Waals surface area contributed by atoms with Gasteiger partial charge in [-0.3, -0.25) is 14.3 Å². The predicted octanol–water partition coefficient (Wildman–Crippen LogP) is 3.17. The van der Waals surface area contributed by atoms with Gasteiger partial charge in [0, 0.05) is 13.6 Å². The SMILES string of the molecule is CC(/C=C/c1ccccc1)=N/Nc1nc2c(c(=O)[nH]c(=O)n2C)n1CCc1ccccc1. The second kappa shape index (κ2) is 9.30. The number of rotatable bonds is 7. The lowest BCUT2D eigenvalue weighted by Crippen LogP contribution is -2.29. The molecule has 2 heterocycles. The summed E-state index contributed by atoms with van der Waals surface area (Å²) in [5.41, 5.74) is 5.56. The van der Waals surface area contributed by atoms with Gasteiger partial charge in [-0.1, -0.05) is 66.7 Å². The summed E-state index contributed by atoms with van der Waals surface area (Å²) in [4.78, 5) is 31.5. The number of anilines is 1. The minimum absolute atomic E-state index is 0.307. The van der Waals surface area contributed by atoms with Crippen LogP contribution < -0.4 is 16.7 Å². The molecule has 2 N–H and O–H groups in total. The van der Waals surface area contributed by atoms with Crippen LogP contribution >= 0.6 is 0 Å². The van der Waals surface area contributed by atoms with Crippen LogP contribution in [0.2, 0.25) is 0 Å². The first kappa shape index (κ1) is 21.0. The third kappa shape index (κ3) is 4.59. The molecular weight excluding hydrogens is 404 g/mol. The Kier molecular flexibility index (Phi) is 6.12. The second-order valence-electron chi connectivity index (χ2n) is 7.42. The molecule has 0 atom stereocenters. The van der Waals surface area contributed by atoms with E-state index < -0.39 is 11.2 Å². The first-order valence-electron chi connectivity index (χ1n) is 10.3. The van der Waals surface area contributed by atoms with E-state index in [9.17, 15) is 9.59 Å². The van der Waals surface area contributed by atoms with Crippen molar-refractivity contribution in [2.75, 3.05) is 5.43 Å². The summed E-state index contributed by atoms with van der Waals surface area (Å²) >= 11 is 0. The smallest absolute Gasteiger partial charge is 0.303 e. The zero-order valence-electron chi connectivity index (χ0n) is 17.9.